The summed E-state index contributed by atoms with van der Waals surface area (Å²) in [5.41, 5.74) is 4.75. The van der Waals surface area contributed by atoms with E-state index in [-0.39, 0.29) is 17.9 Å². The summed E-state index contributed by atoms with van der Waals surface area (Å²) in [4.78, 5) is 13.6. The highest BCUT2D eigenvalue weighted by Crippen LogP contribution is 2.45. The normalized spacial score (nSPS) is 21.1. The Hall–Kier alpha value is -2.59. The van der Waals surface area contributed by atoms with Gasteiger partial charge in [-0.25, -0.2) is 5.01 Å². The number of rotatable bonds is 3. The molecule has 1 heterocycles. The molecule has 5 rings (SSSR count). The molecule has 0 spiro atoms. The van der Waals surface area contributed by atoms with E-state index in [4.69, 9.17) is 39.9 Å². The van der Waals surface area contributed by atoms with Crippen LogP contribution in [0.3, 0.4) is 0 Å². The van der Waals surface area contributed by atoms with Crippen molar-refractivity contribution in [1.82, 2.24) is 5.01 Å². The molecule has 3 aromatic rings. The molecule has 2 unspecified atom stereocenters. The van der Waals surface area contributed by atoms with Crippen LogP contribution in [0.5, 0.6) is 0 Å². The largest absolute Gasteiger partial charge is 0.274 e. The first kappa shape index (κ1) is 22.2. The summed E-state index contributed by atoms with van der Waals surface area (Å²) in [7, 11) is 0. The third-order valence-corrected chi connectivity index (χ3v) is 6.94. The number of hydrazone groups is 1. The summed E-state index contributed by atoms with van der Waals surface area (Å²) in [6.45, 7) is 0. The first-order valence-electron chi connectivity index (χ1n) is 10.9. The lowest BCUT2D eigenvalue weighted by Gasteiger charge is -2.29. The second kappa shape index (κ2) is 9.34. The molecule has 1 amide bonds. The van der Waals surface area contributed by atoms with Crippen molar-refractivity contribution in [3.05, 3.63) is 110 Å². The molecule has 3 aromatic carbocycles. The summed E-state index contributed by atoms with van der Waals surface area (Å²) < 4.78 is 0. The number of nitrogens with zero attached hydrogens (tertiary/aromatic N) is 2. The molecule has 1 fully saturated rings. The molecular weight excluding hydrogens is 475 g/mol. The highest BCUT2D eigenvalue weighted by atomic mass is 35.5. The Morgan fingerprint density at radius 3 is 2.30 bits per heavy atom. The lowest BCUT2D eigenvalue weighted by atomic mass is 9.77. The smallest absolute Gasteiger partial charge is 0.267 e. The quantitative estimate of drug-likeness (QED) is 0.361. The van der Waals surface area contributed by atoms with Gasteiger partial charge >= 0.3 is 0 Å². The maximum atomic E-state index is 13.6. The summed E-state index contributed by atoms with van der Waals surface area (Å²) in [6.07, 6.45) is 5.08. The number of carbonyl (C=O) groups is 1. The minimum atomic E-state index is -0.197. The van der Waals surface area contributed by atoms with Gasteiger partial charge in [-0.1, -0.05) is 65.1 Å². The molecule has 0 saturated heterocycles. The molecule has 166 valence electrons. The fourth-order valence-corrected chi connectivity index (χ4v) is 5.12. The lowest BCUT2D eigenvalue weighted by molar-refractivity contribution is 0.0681. The third-order valence-electron chi connectivity index (χ3n) is 6.20. The molecule has 33 heavy (non-hydrogen) atoms. The van der Waals surface area contributed by atoms with Crippen LogP contribution in [-0.4, -0.2) is 16.6 Å². The maximum absolute atomic E-state index is 13.6. The molecule has 1 saturated carbocycles. The van der Waals surface area contributed by atoms with Gasteiger partial charge in [0.15, 0.2) is 0 Å². The topological polar surface area (TPSA) is 32.7 Å². The Bertz CT molecular complexity index is 1250. The van der Waals surface area contributed by atoms with Crippen LogP contribution in [-0.2, 0) is 0 Å². The van der Waals surface area contributed by atoms with Crippen molar-refractivity contribution in [2.75, 3.05) is 0 Å². The predicted molar refractivity (Wildman–Crippen MR) is 136 cm³/mol. The standard InChI is InChI=1S/C27H21Cl3N2O/c28-21-11-7-17(8-12-21)15-19-3-2-6-24-25(19)31-32(26(24)18-9-13-22(29)14-10-18)27(33)20-4-1-5-23(30)16-20/h1,4-5,7-16,24,26H,2-3,6H2. The van der Waals surface area contributed by atoms with Crippen LogP contribution in [0, 0.1) is 5.92 Å². The molecule has 0 N–H and O–H groups in total. The van der Waals surface area contributed by atoms with Gasteiger partial charge < -0.3 is 0 Å². The van der Waals surface area contributed by atoms with Crippen LogP contribution in [0.25, 0.3) is 6.08 Å². The highest BCUT2D eigenvalue weighted by Gasteiger charge is 2.43. The molecule has 0 bridgehead atoms. The van der Waals surface area contributed by atoms with Gasteiger partial charge in [0.25, 0.3) is 5.91 Å². The van der Waals surface area contributed by atoms with E-state index in [9.17, 15) is 4.79 Å². The van der Waals surface area contributed by atoms with Gasteiger partial charge in [0.2, 0.25) is 0 Å². The maximum Gasteiger partial charge on any atom is 0.274 e. The number of allylic oxidation sites excluding steroid dienone is 1. The van der Waals surface area contributed by atoms with E-state index in [0.29, 0.717) is 20.6 Å². The molecule has 1 aliphatic carbocycles. The van der Waals surface area contributed by atoms with Crippen molar-refractivity contribution in [3.8, 4) is 0 Å². The van der Waals surface area contributed by atoms with Crippen LogP contribution in [0.4, 0.5) is 0 Å². The minimum Gasteiger partial charge on any atom is -0.267 e. The minimum absolute atomic E-state index is 0.113. The summed E-state index contributed by atoms with van der Waals surface area (Å²) in [5, 5.41) is 8.45. The first-order valence-corrected chi connectivity index (χ1v) is 12.0. The van der Waals surface area contributed by atoms with Crippen LogP contribution in [0.15, 0.2) is 83.5 Å². The zero-order valence-electron chi connectivity index (χ0n) is 17.7. The Kier molecular flexibility index (Phi) is 6.29. The number of benzene rings is 3. The average molecular weight is 496 g/mol. The Morgan fingerprint density at radius 2 is 1.61 bits per heavy atom. The van der Waals surface area contributed by atoms with Crippen LogP contribution < -0.4 is 0 Å². The van der Waals surface area contributed by atoms with E-state index in [1.54, 1.807) is 29.3 Å². The van der Waals surface area contributed by atoms with E-state index in [0.717, 1.165) is 41.7 Å². The molecule has 2 aliphatic rings. The highest BCUT2D eigenvalue weighted by molar-refractivity contribution is 6.31. The van der Waals surface area contributed by atoms with Gasteiger partial charge in [0.05, 0.1) is 11.8 Å². The lowest BCUT2D eigenvalue weighted by Crippen LogP contribution is -2.31. The van der Waals surface area contributed by atoms with E-state index in [2.05, 4.69) is 6.08 Å². The number of halogens is 3. The van der Waals surface area contributed by atoms with E-state index >= 15 is 0 Å². The van der Waals surface area contributed by atoms with Gasteiger partial charge in [-0.15, -0.1) is 0 Å². The van der Waals surface area contributed by atoms with Gasteiger partial charge in [0.1, 0.15) is 0 Å². The second-order valence-electron chi connectivity index (χ2n) is 8.36. The number of amides is 1. The van der Waals surface area contributed by atoms with Crippen molar-refractivity contribution in [2.24, 2.45) is 11.0 Å². The number of hydrogen-bond donors (Lipinski definition) is 0. The van der Waals surface area contributed by atoms with Gasteiger partial charge in [0, 0.05) is 26.5 Å². The zero-order valence-corrected chi connectivity index (χ0v) is 20.0. The molecule has 1 aliphatic heterocycles. The van der Waals surface area contributed by atoms with Gasteiger partial charge in [-0.3, -0.25) is 4.79 Å². The van der Waals surface area contributed by atoms with E-state index in [1.165, 1.54) is 0 Å². The van der Waals surface area contributed by atoms with Gasteiger partial charge in [-0.05, 0) is 84.5 Å². The molecule has 0 radical (unpaired) electrons. The van der Waals surface area contributed by atoms with Crippen molar-refractivity contribution in [3.63, 3.8) is 0 Å². The number of fused-ring (bicyclic) bond motifs is 1. The Morgan fingerprint density at radius 1 is 0.909 bits per heavy atom. The van der Waals surface area contributed by atoms with Crippen molar-refractivity contribution in [2.45, 2.75) is 25.3 Å². The van der Waals surface area contributed by atoms with Gasteiger partial charge in [-0.2, -0.15) is 5.10 Å². The van der Waals surface area contributed by atoms with E-state index in [1.807, 2.05) is 48.5 Å². The SMILES string of the molecule is O=C(c1cccc(Cl)c1)N1N=C2C(=Cc3ccc(Cl)cc3)CCCC2C1c1ccc(Cl)cc1. The zero-order chi connectivity index (χ0) is 22.9. The van der Waals surface area contributed by atoms with Crippen molar-refractivity contribution in [1.29, 1.82) is 0 Å². The van der Waals surface area contributed by atoms with Crippen molar-refractivity contribution < 1.29 is 4.79 Å². The number of carbonyl (C=O) groups excluding carboxylic acids is 1. The van der Waals surface area contributed by atoms with Crippen LogP contribution in [0.1, 0.15) is 46.8 Å². The summed E-state index contributed by atoms with van der Waals surface area (Å²) >= 11 is 18.4. The fraction of sp³-hybridized carbons (Fsp3) is 0.185. The molecular formula is C27H21Cl3N2O. The summed E-state index contributed by atoms with van der Waals surface area (Å²) in [6, 6.07) is 22.3. The molecule has 6 heteroatoms. The Labute approximate surface area is 208 Å². The summed E-state index contributed by atoms with van der Waals surface area (Å²) in [5.74, 6) is -0.0493. The predicted octanol–water partition coefficient (Wildman–Crippen LogP) is 8.08. The van der Waals surface area contributed by atoms with Crippen molar-refractivity contribution >= 4 is 52.5 Å². The van der Waals surface area contributed by atoms with Crippen LogP contribution >= 0.6 is 34.8 Å². The molecule has 2 atom stereocenters. The molecule has 0 aromatic heterocycles. The monoisotopic (exact) mass is 494 g/mol. The van der Waals surface area contributed by atoms with Crippen LogP contribution in [0.2, 0.25) is 15.1 Å². The third kappa shape index (κ3) is 4.59. The number of hydrogen-bond acceptors (Lipinski definition) is 2. The Balaban J connectivity index is 1.58. The fourth-order valence-electron chi connectivity index (χ4n) is 4.68. The average Bonchev–Trinajstić information content (AvgIpc) is 3.21. The first-order chi connectivity index (χ1) is 16.0. The second-order valence-corrected chi connectivity index (χ2v) is 9.67. The van der Waals surface area contributed by atoms with E-state index < -0.39 is 0 Å². The molecule has 3 nitrogen and oxygen atoms in total.